The number of nitrogens with one attached hydrogen (secondary N) is 2. The summed E-state index contributed by atoms with van der Waals surface area (Å²) in [7, 11) is 1.56. The van der Waals surface area contributed by atoms with Crippen molar-refractivity contribution in [1.29, 1.82) is 0 Å². The minimum Gasteiger partial charge on any atom is -0.382 e. The normalized spacial score (nSPS) is 19.1. The van der Waals surface area contributed by atoms with Crippen molar-refractivity contribution in [3.05, 3.63) is 17.8 Å². The highest BCUT2D eigenvalue weighted by atomic mass is 16.5. The molecule has 0 radical (unpaired) electrons. The van der Waals surface area contributed by atoms with Gasteiger partial charge in [0.05, 0.1) is 12.3 Å². The number of carbonyl (C=O) groups excluding carboxylic acids is 1. The number of pyridine rings is 1. The van der Waals surface area contributed by atoms with Crippen molar-refractivity contribution in [3.8, 4) is 0 Å². The Kier molecular flexibility index (Phi) is 2.55. The van der Waals surface area contributed by atoms with Crippen LogP contribution in [-0.2, 0) is 9.53 Å². The van der Waals surface area contributed by atoms with E-state index in [1.807, 2.05) is 13.0 Å². The SMILES string of the molecule is COCC1Nc2ncc(C)cc2NC1=O. The number of hydrogen-bond acceptors (Lipinski definition) is 4. The molecular formula is C10H13N3O2. The molecule has 0 saturated carbocycles. The number of ether oxygens (including phenoxy) is 1. The van der Waals surface area contributed by atoms with E-state index < -0.39 is 0 Å². The van der Waals surface area contributed by atoms with Crippen LogP contribution < -0.4 is 10.6 Å². The Hall–Kier alpha value is -1.62. The predicted molar refractivity (Wildman–Crippen MR) is 56.9 cm³/mol. The van der Waals surface area contributed by atoms with Crippen molar-refractivity contribution in [3.63, 3.8) is 0 Å². The molecule has 0 bridgehead atoms. The first-order chi connectivity index (χ1) is 7.20. The number of hydrogen-bond donors (Lipinski definition) is 2. The van der Waals surface area contributed by atoms with Crippen LogP contribution in [0.5, 0.6) is 0 Å². The zero-order valence-corrected chi connectivity index (χ0v) is 8.70. The molecule has 0 spiro atoms. The van der Waals surface area contributed by atoms with Crippen molar-refractivity contribution < 1.29 is 9.53 Å². The van der Waals surface area contributed by atoms with E-state index in [1.54, 1.807) is 13.3 Å². The third kappa shape index (κ3) is 1.92. The topological polar surface area (TPSA) is 63.2 Å². The number of anilines is 2. The number of aromatic nitrogens is 1. The van der Waals surface area contributed by atoms with Crippen molar-refractivity contribution in [2.75, 3.05) is 24.4 Å². The molecule has 5 nitrogen and oxygen atoms in total. The average molecular weight is 207 g/mol. The van der Waals surface area contributed by atoms with Gasteiger partial charge in [-0.25, -0.2) is 4.98 Å². The summed E-state index contributed by atoms with van der Waals surface area (Å²) in [6.07, 6.45) is 1.76. The van der Waals surface area contributed by atoms with Crippen molar-refractivity contribution in [1.82, 2.24) is 4.98 Å². The summed E-state index contributed by atoms with van der Waals surface area (Å²) in [5.41, 5.74) is 1.74. The molecule has 0 aromatic carbocycles. The Labute approximate surface area is 87.8 Å². The highest BCUT2D eigenvalue weighted by molar-refractivity contribution is 6.02. The summed E-state index contributed by atoms with van der Waals surface area (Å²) < 4.78 is 4.94. The van der Waals surface area contributed by atoms with Crippen molar-refractivity contribution in [2.45, 2.75) is 13.0 Å². The number of methoxy groups -OCH3 is 1. The largest absolute Gasteiger partial charge is 0.382 e. The lowest BCUT2D eigenvalue weighted by Gasteiger charge is -2.25. The van der Waals surface area contributed by atoms with Crippen LogP contribution in [0.4, 0.5) is 11.5 Å². The number of rotatable bonds is 2. The third-order valence-corrected chi connectivity index (χ3v) is 2.24. The molecule has 1 aromatic rings. The number of nitrogens with zero attached hydrogens (tertiary/aromatic N) is 1. The maximum atomic E-state index is 11.6. The first kappa shape index (κ1) is 9.92. The summed E-state index contributed by atoms with van der Waals surface area (Å²) in [5, 5.41) is 5.82. The lowest BCUT2D eigenvalue weighted by Crippen LogP contribution is -2.42. The van der Waals surface area contributed by atoms with Gasteiger partial charge in [0.1, 0.15) is 6.04 Å². The molecule has 80 valence electrons. The summed E-state index contributed by atoms with van der Waals surface area (Å²) >= 11 is 0. The lowest BCUT2D eigenvalue weighted by molar-refractivity contribution is -0.118. The van der Waals surface area contributed by atoms with Gasteiger partial charge < -0.3 is 15.4 Å². The highest BCUT2D eigenvalue weighted by Gasteiger charge is 2.25. The first-order valence-corrected chi connectivity index (χ1v) is 4.73. The van der Waals surface area contributed by atoms with E-state index in [1.165, 1.54) is 0 Å². The maximum Gasteiger partial charge on any atom is 0.249 e. The molecule has 1 unspecified atom stereocenters. The second-order valence-electron chi connectivity index (χ2n) is 3.55. The number of fused-ring (bicyclic) bond motifs is 1. The second kappa shape index (κ2) is 3.86. The van der Waals surface area contributed by atoms with Gasteiger partial charge in [0.2, 0.25) is 5.91 Å². The number of carbonyl (C=O) groups is 1. The highest BCUT2D eigenvalue weighted by Crippen LogP contribution is 2.24. The van der Waals surface area contributed by atoms with Gasteiger partial charge in [0.15, 0.2) is 5.82 Å². The average Bonchev–Trinajstić information content (AvgIpc) is 2.20. The van der Waals surface area contributed by atoms with Gasteiger partial charge in [0.25, 0.3) is 0 Å². The fraction of sp³-hybridized carbons (Fsp3) is 0.400. The van der Waals surface area contributed by atoms with Crippen LogP contribution in [-0.4, -0.2) is 30.6 Å². The predicted octanol–water partition coefficient (Wildman–Crippen LogP) is 0.769. The van der Waals surface area contributed by atoms with Gasteiger partial charge in [-0.2, -0.15) is 0 Å². The van der Waals surface area contributed by atoms with Gasteiger partial charge in [-0.05, 0) is 18.6 Å². The Bertz CT molecular complexity index is 392. The van der Waals surface area contributed by atoms with Gasteiger partial charge in [0, 0.05) is 13.3 Å². The van der Waals surface area contributed by atoms with Crippen LogP contribution in [0.15, 0.2) is 12.3 Å². The van der Waals surface area contributed by atoms with E-state index in [2.05, 4.69) is 15.6 Å². The Morgan fingerprint density at radius 1 is 1.60 bits per heavy atom. The van der Waals surface area contributed by atoms with E-state index in [4.69, 9.17) is 4.74 Å². The molecule has 2 N–H and O–H groups in total. The van der Waals surface area contributed by atoms with Crippen LogP contribution in [0.1, 0.15) is 5.56 Å². The molecular weight excluding hydrogens is 194 g/mol. The minimum absolute atomic E-state index is 0.0863. The maximum absolute atomic E-state index is 11.6. The molecule has 1 amide bonds. The fourth-order valence-electron chi connectivity index (χ4n) is 1.51. The minimum atomic E-state index is -0.363. The van der Waals surface area contributed by atoms with Crippen LogP contribution in [0, 0.1) is 6.92 Å². The smallest absolute Gasteiger partial charge is 0.249 e. The van der Waals surface area contributed by atoms with Gasteiger partial charge in [-0.3, -0.25) is 4.79 Å². The summed E-state index contributed by atoms with van der Waals surface area (Å²) in [6, 6.07) is 1.52. The van der Waals surface area contributed by atoms with Crippen molar-refractivity contribution in [2.24, 2.45) is 0 Å². The Balaban J connectivity index is 2.26. The van der Waals surface area contributed by atoms with E-state index in [0.29, 0.717) is 12.4 Å². The monoisotopic (exact) mass is 207 g/mol. The second-order valence-corrected chi connectivity index (χ2v) is 3.55. The fourth-order valence-corrected chi connectivity index (χ4v) is 1.51. The molecule has 1 aliphatic heterocycles. The molecule has 0 fully saturated rings. The summed E-state index contributed by atoms with van der Waals surface area (Å²) in [6.45, 7) is 2.27. The molecule has 5 heteroatoms. The van der Waals surface area contributed by atoms with E-state index >= 15 is 0 Å². The molecule has 1 aromatic heterocycles. The van der Waals surface area contributed by atoms with Crippen molar-refractivity contribution >= 4 is 17.4 Å². The number of aryl methyl sites for hydroxylation is 1. The van der Waals surface area contributed by atoms with E-state index in [-0.39, 0.29) is 11.9 Å². The van der Waals surface area contributed by atoms with Gasteiger partial charge in [-0.15, -0.1) is 0 Å². The lowest BCUT2D eigenvalue weighted by atomic mass is 10.2. The standard InChI is InChI=1S/C10H13N3O2/c1-6-3-7-9(11-4-6)12-8(5-15-2)10(14)13-7/h3-4,8H,5H2,1-2H3,(H,11,12)(H,13,14). The van der Waals surface area contributed by atoms with E-state index in [9.17, 15) is 4.79 Å². The van der Waals surface area contributed by atoms with Crippen LogP contribution in [0.3, 0.4) is 0 Å². The molecule has 2 rings (SSSR count). The summed E-state index contributed by atoms with van der Waals surface area (Å²) in [4.78, 5) is 15.8. The molecule has 1 aliphatic rings. The van der Waals surface area contributed by atoms with Gasteiger partial charge >= 0.3 is 0 Å². The Morgan fingerprint density at radius 3 is 3.13 bits per heavy atom. The quantitative estimate of drug-likeness (QED) is 0.751. The van der Waals surface area contributed by atoms with Crippen LogP contribution >= 0.6 is 0 Å². The first-order valence-electron chi connectivity index (χ1n) is 4.73. The molecule has 1 atom stereocenters. The molecule has 2 heterocycles. The van der Waals surface area contributed by atoms with E-state index in [0.717, 1.165) is 11.3 Å². The summed E-state index contributed by atoms with van der Waals surface area (Å²) in [5.74, 6) is 0.610. The van der Waals surface area contributed by atoms with Crippen LogP contribution in [0.25, 0.3) is 0 Å². The molecule has 15 heavy (non-hydrogen) atoms. The molecule has 0 aliphatic carbocycles. The van der Waals surface area contributed by atoms with Crippen LogP contribution in [0.2, 0.25) is 0 Å². The Morgan fingerprint density at radius 2 is 2.40 bits per heavy atom. The van der Waals surface area contributed by atoms with Gasteiger partial charge in [-0.1, -0.05) is 0 Å². The zero-order valence-electron chi connectivity index (χ0n) is 8.70. The number of amides is 1. The molecule has 0 saturated heterocycles. The zero-order chi connectivity index (χ0) is 10.8. The third-order valence-electron chi connectivity index (χ3n) is 2.24.